The Morgan fingerprint density at radius 3 is 0.581 bits per heavy atom. The molecule has 0 aromatic rings. The van der Waals surface area contributed by atoms with Gasteiger partial charge in [0.2, 0.25) is 0 Å². The standard InChI is InChI=1S/C57H108N8O24S4/c1-9-58-49(66)82-21-17-74-33-45(78-25-29-86-53(70)62-13-5)37-90-41-57(42-91-38-46(79-26-30-87-54(71)63-14-6)34-75-18-22-83-50(67)59-10-2,43-92-39-47(80-27-31-88-55(72)64-15-7)35-76-19-23-84-51(68)60-11-3)44-93-40-48(81-28-32-89-56(73)65-16-8)36-77-20-24-85-52(69)61-12-4/h45-48H,9-44H2,1-8H3,(H,58,66)(H,59,67)(H,60,68)(H,61,69)(H,62,70)(H,63,71)(H,64,72)(H,65,73). The van der Waals surface area contributed by atoms with E-state index in [0.29, 0.717) is 98.4 Å². The van der Waals surface area contributed by atoms with Gasteiger partial charge in [-0.1, -0.05) is 0 Å². The highest BCUT2D eigenvalue weighted by Crippen LogP contribution is 2.37. The van der Waals surface area contributed by atoms with E-state index in [4.69, 9.17) is 75.8 Å². The number of alkyl carbamates (subject to hydrolysis) is 8. The third-order valence-corrected chi connectivity index (χ3v) is 16.9. The number of amides is 8. The van der Waals surface area contributed by atoms with Gasteiger partial charge in [0.15, 0.2) is 0 Å². The van der Waals surface area contributed by atoms with Crippen LogP contribution in [-0.2, 0) is 75.8 Å². The molecule has 4 atom stereocenters. The Labute approximate surface area is 565 Å². The molecule has 0 radical (unpaired) electrons. The van der Waals surface area contributed by atoms with Crippen molar-refractivity contribution in [2.75, 3.05) is 231 Å². The molecule has 0 aliphatic carbocycles. The molecule has 8 N–H and O–H groups in total. The lowest BCUT2D eigenvalue weighted by molar-refractivity contribution is -0.0256. The third-order valence-electron chi connectivity index (χ3n) is 11.2. The molecule has 544 valence electrons. The predicted molar refractivity (Wildman–Crippen MR) is 354 cm³/mol. The van der Waals surface area contributed by atoms with E-state index in [1.807, 2.05) is 0 Å². The van der Waals surface area contributed by atoms with Gasteiger partial charge in [0, 0.05) is 104 Å². The zero-order valence-electron chi connectivity index (χ0n) is 55.7. The molecule has 0 spiro atoms. The van der Waals surface area contributed by atoms with Gasteiger partial charge < -0.3 is 118 Å². The van der Waals surface area contributed by atoms with E-state index in [0.717, 1.165) is 0 Å². The number of hydrogen-bond donors (Lipinski definition) is 8. The molecule has 0 heterocycles. The van der Waals surface area contributed by atoms with Crippen LogP contribution in [0, 0.1) is 5.41 Å². The number of ether oxygens (including phenoxy) is 16. The summed E-state index contributed by atoms with van der Waals surface area (Å²) in [6, 6.07) is 0. The van der Waals surface area contributed by atoms with Crippen LogP contribution in [0.15, 0.2) is 0 Å². The van der Waals surface area contributed by atoms with Crippen LogP contribution in [0.1, 0.15) is 55.4 Å². The zero-order valence-corrected chi connectivity index (χ0v) is 59.0. The number of thioether (sulfide) groups is 4. The fourth-order valence-electron chi connectivity index (χ4n) is 7.05. The minimum Gasteiger partial charge on any atom is -0.447 e. The maximum absolute atomic E-state index is 12.2. The van der Waals surface area contributed by atoms with Crippen LogP contribution in [0.25, 0.3) is 0 Å². The van der Waals surface area contributed by atoms with E-state index in [9.17, 15) is 38.4 Å². The summed E-state index contributed by atoms with van der Waals surface area (Å²) in [5.74, 6) is 3.69. The maximum Gasteiger partial charge on any atom is 0.407 e. The van der Waals surface area contributed by atoms with Crippen molar-refractivity contribution >= 4 is 95.8 Å². The fraction of sp³-hybridized carbons (Fsp3) is 0.860. The highest BCUT2D eigenvalue weighted by atomic mass is 32.2. The lowest BCUT2D eigenvalue weighted by Crippen LogP contribution is -2.37. The Morgan fingerprint density at radius 1 is 0.258 bits per heavy atom. The Morgan fingerprint density at radius 2 is 0.419 bits per heavy atom. The third kappa shape index (κ3) is 55.1. The van der Waals surface area contributed by atoms with Gasteiger partial charge in [0.25, 0.3) is 0 Å². The molecule has 8 amide bonds. The molecule has 32 nitrogen and oxygen atoms in total. The van der Waals surface area contributed by atoms with Crippen LogP contribution in [0.3, 0.4) is 0 Å². The molecule has 0 aliphatic rings. The summed E-state index contributed by atoms with van der Waals surface area (Å²) in [5.41, 5.74) is -0.564. The Balaban J connectivity index is 7.49. The molecule has 93 heavy (non-hydrogen) atoms. The topological polar surface area (TPSA) is 380 Å². The second-order valence-electron chi connectivity index (χ2n) is 19.2. The minimum absolute atomic E-state index is 0.0106. The van der Waals surface area contributed by atoms with Crippen LogP contribution in [-0.4, -0.2) is 304 Å². The second kappa shape index (κ2) is 63.3. The number of carbonyl (C=O) groups excluding carboxylic acids is 8. The summed E-state index contributed by atoms with van der Waals surface area (Å²) in [6.07, 6.45) is -6.77. The summed E-state index contributed by atoms with van der Waals surface area (Å²) < 4.78 is 91.1. The number of carbonyl (C=O) groups is 8. The van der Waals surface area contributed by atoms with Gasteiger partial charge in [-0.15, -0.1) is 0 Å². The van der Waals surface area contributed by atoms with E-state index in [2.05, 4.69) is 42.5 Å². The van der Waals surface area contributed by atoms with Crippen LogP contribution >= 0.6 is 47.0 Å². The van der Waals surface area contributed by atoms with E-state index in [1.165, 1.54) is 0 Å². The Hall–Kier alpha value is -4.76. The zero-order chi connectivity index (χ0) is 68.7. The molecule has 0 aromatic heterocycles. The lowest BCUT2D eigenvalue weighted by Gasteiger charge is -2.35. The highest BCUT2D eigenvalue weighted by Gasteiger charge is 2.33. The highest BCUT2D eigenvalue weighted by molar-refractivity contribution is 8.02. The van der Waals surface area contributed by atoms with Crippen LogP contribution in [0.5, 0.6) is 0 Å². The molecule has 0 rings (SSSR count). The molecule has 36 heteroatoms. The first-order chi connectivity index (χ1) is 45.1. The molecule has 0 saturated carbocycles. The maximum atomic E-state index is 12.2. The predicted octanol–water partition coefficient (Wildman–Crippen LogP) is 4.48. The van der Waals surface area contributed by atoms with Gasteiger partial charge >= 0.3 is 48.7 Å². The molecule has 4 unspecified atom stereocenters. The summed E-state index contributed by atoms with van der Waals surface area (Å²) in [7, 11) is 0. The molecule has 0 aliphatic heterocycles. The number of hydrogen-bond acceptors (Lipinski definition) is 28. The van der Waals surface area contributed by atoms with Crippen molar-refractivity contribution in [3.05, 3.63) is 0 Å². The quantitative estimate of drug-likeness (QED) is 0.0307. The number of nitrogens with one attached hydrogen (secondary N) is 8. The smallest absolute Gasteiger partial charge is 0.407 e. The molecule has 0 aromatic carbocycles. The van der Waals surface area contributed by atoms with Gasteiger partial charge in [-0.2, -0.15) is 47.0 Å². The molecular formula is C57H108N8O24S4. The first kappa shape index (κ1) is 88.2. The van der Waals surface area contributed by atoms with Gasteiger partial charge in [0.05, 0.1) is 104 Å². The van der Waals surface area contributed by atoms with Crippen LogP contribution < -0.4 is 42.5 Å². The van der Waals surface area contributed by atoms with Crippen LogP contribution in [0.2, 0.25) is 0 Å². The number of rotatable bonds is 60. The summed E-state index contributed by atoms with van der Waals surface area (Å²) in [5, 5.41) is 20.7. The van der Waals surface area contributed by atoms with E-state index in [1.54, 1.807) is 102 Å². The van der Waals surface area contributed by atoms with E-state index in [-0.39, 0.29) is 132 Å². The minimum atomic E-state index is -0.588. The van der Waals surface area contributed by atoms with Crippen LogP contribution in [0.4, 0.5) is 38.4 Å². The Bertz CT molecular complexity index is 1660. The molecule has 0 bridgehead atoms. The van der Waals surface area contributed by atoms with Crippen molar-refractivity contribution in [2.24, 2.45) is 5.41 Å². The average molecular weight is 1420 g/mol. The summed E-state index contributed by atoms with van der Waals surface area (Å²) in [6.45, 7) is 18.0. The van der Waals surface area contributed by atoms with Gasteiger partial charge in [-0.3, -0.25) is 0 Å². The first-order valence-corrected chi connectivity index (χ1v) is 36.1. The van der Waals surface area contributed by atoms with Crippen molar-refractivity contribution < 1.29 is 114 Å². The average Bonchev–Trinajstić information content (AvgIpc) is 1.09. The lowest BCUT2D eigenvalue weighted by atomic mass is 9.99. The second-order valence-corrected chi connectivity index (χ2v) is 23.3. The van der Waals surface area contributed by atoms with E-state index < -0.39 is 78.6 Å². The fourth-order valence-corrected chi connectivity index (χ4v) is 13.1. The first-order valence-electron chi connectivity index (χ1n) is 31.5. The van der Waals surface area contributed by atoms with Crippen molar-refractivity contribution in [3.8, 4) is 0 Å². The summed E-state index contributed by atoms with van der Waals surface area (Å²) in [4.78, 5) is 96.7. The van der Waals surface area contributed by atoms with Crippen molar-refractivity contribution in [2.45, 2.75) is 79.8 Å². The summed E-state index contributed by atoms with van der Waals surface area (Å²) >= 11 is 6.43. The molecule has 0 saturated heterocycles. The van der Waals surface area contributed by atoms with E-state index >= 15 is 0 Å². The van der Waals surface area contributed by atoms with Crippen molar-refractivity contribution in [1.29, 1.82) is 0 Å². The van der Waals surface area contributed by atoms with Gasteiger partial charge in [-0.25, -0.2) is 38.4 Å². The normalized spacial score (nSPS) is 12.9. The SMILES string of the molecule is CCNC(=O)OCCOCC(CSCC(CSCC(COCCOC(=O)NCC)OCCOC(=O)NCC)(CSCC(COCCOC(=O)NCC)OCCOC(=O)NCC)CSCC(COCCOC(=O)NCC)OCCOC(=O)NCC)OCCOC(=O)NCC. The van der Waals surface area contributed by atoms with Crippen molar-refractivity contribution in [3.63, 3.8) is 0 Å². The molecular weight excluding hydrogens is 1310 g/mol. The van der Waals surface area contributed by atoms with Gasteiger partial charge in [-0.05, 0) is 55.4 Å². The Kier molecular flexibility index (Phi) is 60.1. The molecule has 0 fully saturated rings. The van der Waals surface area contributed by atoms with Crippen molar-refractivity contribution in [1.82, 2.24) is 42.5 Å². The monoisotopic (exact) mass is 1420 g/mol. The van der Waals surface area contributed by atoms with Gasteiger partial charge in [0.1, 0.15) is 52.9 Å². The largest absolute Gasteiger partial charge is 0.447 e.